The van der Waals surface area contributed by atoms with Gasteiger partial charge in [0.05, 0.1) is 12.2 Å². The maximum Gasteiger partial charge on any atom is 0.224 e. The molecule has 3 heterocycles. The summed E-state index contributed by atoms with van der Waals surface area (Å²) in [5.41, 5.74) is 0. The number of piperidine rings is 1. The number of carbonyl (C=O) groups is 1. The average Bonchev–Trinajstić information content (AvgIpc) is 2.94. The zero-order valence-electron chi connectivity index (χ0n) is 12.7. The molecule has 1 aromatic heterocycles. The molecular weight excluding hydrogens is 304 g/mol. The van der Waals surface area contributed by atoms with Gasteiger partial charge in [-0.2, -0.15) is 0 Å². The minimum atomic E-state index is -3.22. The summed E-state index contributed by atoms with van der Waals surface area (Å²) in [6, 6.07) is 0.0998. The Morgan fingerprint density at radius 1 is 1.36 bits per heavy atom. The van der Waals surface area contributed by atoms with Crippen LogP contribution in [-0.4, -0.2) is 53.6 Å². The van der Waals surface area contributed by atoms with Gasteiger partial charge >= 0.3 is 0 Å². The van der Waals surface area contributed by atoms with E-state index < -0.39 is 10.0 Å². The predicted octanol–water partition coefficient (Wildman–Crippen LogP) is -0.0143. The van der Waals surface area contributed by atoms with E-state index in [9.17, 15) is 13.2 Å². The number of hydrogen-bond acceptors (Lipinski definition) is 4. The van der Waals surface area contributed by atoms with Crippen molar-refractivity contribution >= 4 is 15.9 Å². The Kier molecular flexibility index (Phi) is 4.22. The molecule has 2 atom stereocenters. The quantitative estimate of drug-likeness (QED) is 0.846. The number of rotatable bonds is 3. The largest absolute Gasteiger partial charge is 0.351 e. The van der Waals surface area contributed by atoms with E-state index in [-0.39, 0.29) is 17.9 Å². The lowest BCUT2D eigenvalue weighted by molar-refractivity contribution is -0.127. The second-order valence-corrected chi connectivity index (χ2v) is 8.18. The standard InChI is InChI=1S/C14H22N4O3S/c1-22(20,21)18-7-2-3-11(9-18)14(19)16-12-4-5-13-15-6-8-17(13)10-12/h6,8,11-12H,2-5,7,9-10H2,1H3,(H,16,19)/t11-,12+/m0/s1. The van der Waals surface area contributed by atoms with Crippen molar-refractivity contribution in [2.45, 2.75) is 38.3 Å². The molecule has 0 aromatic carbocycles. The third-order valence-corrected chi connectivity index (χ3v) is 5.78. The zero-order chi connectivity index (χ0) is 15.7. The van der Waals surface area contributed by atoms with Gasteiger partial charge < -0.3 is 9.88 Å². The molecule has 1 amide bonds. The number of aromatic nitrogens is 2. The molecule has 2 aliphatic heterocycles. The van der Waals surface area contributed by atoms with Crippen LogP contribution in [0.5, 0.6) is 0 Å². The Hall–Kier alpha value is -1.41. The van der Waals surface area contributed by atoms with E-state index in [0.717, 1.165) is 38.1 Å². The van der Waals surface area contributed by atoms with Gasteiger partial charge in [-0.15, -0.1) is 0 Å². The minimum absolute atomic E-state index is 0.0260. The number of carbonyl (C=O) groups excluding carboxylic acids is 1. The summed E-state index contributed by atoms with van der Waals surface area (Å²) in [7, 11) is -3.22. The highest BCUT2D eigenvalue weighted by Crippen LogP contribution is 2.20. The molecule has 1 saturated heterocycles. The zero-order valence-corrected chi connectivity index (χ0v) is 13.6. The molecule has 7 nitrogen and oxygen atoms in total. The number of aryl methyl sites for hydroxylation is 1. The number of sulfonamides is 1. The Morgan fingerprint density at radius 2 is 2.18 bits per heavy atom. The van der Waals surface area contributed by atoms with Gasteiger partial charge in [-0.1, -0.05) is 0 Å². The second kappa shape index (κ2) is 6.00. The molecule has 2 aliphatic rings. The molecule has 0 radical (unpaired) electrons. The number of fused-ring (bicyclic) bond motifs is 1. The summed E-state index contributed by atoms with van der Waals surface area (Å²) in [4.78, 5) is 16.7. The van der Waals surface area contributed by atoms with Gasteiger partial charge in [0.2, 0.25) is 15.9 Å². The molecule has 0 bridgehead atoms. The summed E-state index contributed by atoms with van der Waals surface area (Å²) in [6.07, 6.45) is 8.14. The molecule has 0 saturated carbocycles. The molecule has 22 heavy (non-hydrogen) atoms. The lowest BCUT2D eigenvalue weighted by atomic mass is 9.97. The summed E-state index contributed by atoms with van der Waals surface area (Å²) in [5.74, 6) is 0.793. The Balaban J connectivity index is 1.58. The highest BCUT2D eigenvalue weighted by Gasteiger charge is 2.31. The number of imidazole rings is 1. The molecule has 0 unspecified atom stereocenters. The molecule has 1 N–H and O–H groups in total. The van der Waals surface area contributed by atoms with E-state index in [4.69, 9.17) is 0 Å². The van der Waals surface area contributed by atoms with Crippen LogP contribution in [0.3, 0.4) is 0 Å². The number of amides is 1. The van der Waals surface area contributed by atoms with Crippen molar-refractivity contribution < 1.29 is 13.2 Å². The summed E-state index contributed by atoms with van der Waals surface area (Å²) in [5, 5.41) is 3.08. The predicted molar refractivity (Wildman–Crippen MR) is 81.6 cm³/mol. The minimum Gasteiger partial charge on any atom is -0.351 e. The number of nitrogens with one attached hydrogen (secondary N) is 1. The fourth-order valence-electron chi connectivity index (χ4n) is 3.26. The van der Waals surface area contributed by atoms with Crippen molar-refractivity contribution in [3.05, 3.63) is 18.2 Å². The highest BCUT2D eigenvalue weighted by molar-refractivity contribution is 7.88. The van der Waals surface area contributed by atoms with Crippen molar-refractivity contribution in [1.29, 1.82) is 0 Å². The fourth-order valence-corrected chi connectivity index (χ4v) is 4.17. The van der Waals surface area contributed by atoms with Crippen LogP contribution in [0.25, 0.3) is 0 Å². The second-order valence-electron chi connectivity index (χ2n) is 6.20. The van der Waals surface area contributed by atoms with Crippen LogP contribution in [0.1, 0.15) is 25.1 Å². The summed E-state index contributed by atoms with van der Waals surface area (Å²) >= 11 is 0. The molecule has 0 aliphatic carbocycles. The van der Waals surface area contributed by atoms with Crippen LogP contribution in [0.4, 0.5) is 0 Å². The van der Waals surface area contributed by atoms with Gasteiger partial charge in [0, 0.05) is 44.5 Å². The maximum atomic E-state index is 12.4. The van der Waals surface area contributed by atoms with Crippen LogP contribution < -0.4 is 5.32 Å². The lowest BCUT2D eigenvalue weighted by Gasteiger charge is -2.32. The van der Waals surface area contributed by atoms with Crippen LogP contribution in [-0.2, 0) is 27.8 Å². The lowest BCUT2D eigenvalue weighted by Crippen LogP contribution is -2.49. The number of hydrogen-bond donors (Lipinski definition) is 1. The SMILES string of the molecule is CS(=O)(=O)N1CCC[C@H](C(=O)N[C@@H]2CCc3nccn3C2)C1. The third-order valence-electron chi connectivity index (χ3n) is 4.51. The van der Waals surface area contributed by atoms with Gasteiger partial charge in [0.15, 0.2) is 0 Å². The van der Waals surface area contributed by atoms with Crippen molar-refractivity contribution in [1.82, 2.24) is 19.2 Å². The molecule has 8 heteroatoms. The molecule has 122 valence electrons. The van der Waals surface area contributed by atoms with Gasteiger partial charge in [-0.3, -0.25) is 4.79 Å². The third kappa shape index (κ3) is 3.33. The maximum absolute atomic E-state index is 12.4. The first-order chi connectivity index (χ1) is 10.4. The van der Waals surface area contributed by atoms with Gasteiger partial charge in [-0.25, -0.2) is 17.7 Å². The summed E-state index contributed by atoms with van der Waals surface area (Å²) < 4.78 is 26.8. The van der Waals surface area contributed by atoms with E-state index in [1.54, 1.807) is 6.20 Å². The highest BCUT2D eigenvalue weighted by atomic mass is 32.2. The van der Waals surface area contributed by atoms with Gasteiger partial charge in [0.1, 0.15) is 5.82 Å². The Morgan fingerprint density at radius 3 is 2.95 bits per heavy atom. The first-order valence-electron chi connectivity index (χ1n) is 7.69. The fraction of sp³-hybridized carbons (Fsp3) is 0.714. The molecule has 0 spiro atoms. The van der Waals surface area contributed by atoms with Crippen LogP contribution in [0.2, 0.25) is 0 Å². The molecule has 1 fully saturated rings. The Bertz CT molecular complexity index is 655. The van der Waals surface area contributed by atoms with E-state index in [1.807, 2.05) is 6.20 Å². The normalized spacial score (nSPS) is 26.4. The van der Waals surface area contributed by atoms with E-state index >= 15 is 0 Å². The van der Waals surface area contributed by atoms with Crippen LogP contribution in [0.15, 0.2) is 12.4 Å². The topological polar surface area (TPSA) is 84.3 Å². The molecular formula is C14H22N4O3S. The summed E-state index contributed by atoms with van der Waals surface area (Å²) in [6.45, 7) is 1.56. The first kappa shape index (κ1) is 15.5. The molecule has 3 rings (SSSR count). The van der Waals surface area contributed by atoms with Gasteiger partial charge in [-0.05, 0) is 19.3 Å². The van der Waals surface area contributed by atoms with E-state index in [2.05, 4.69) is 14.9 Å². The van der Waals surface area contributed by atoms with Crippen molar-refractivity contribution in [2.75, 3.05) is 19.3 Å². The first-order valence-corrected chi connectivity index (χ1v) is 9.54. The van der Waals surface area contributed by atoms with E-state index in [0.29, 0.717) is 13.1 Å². The van der Waals surface area contributed by atoms with Crippen molar-refractivity contribution in [3.8, 4) is 0 Å². The smallest absolute Gasteiger partial charge is 0.224 e. The number of nitrogens with zero attached hydrogens (tertiary/aromatic N) is 3. The van der Waals surface area contributed by atoms with Gasteiger partial charge in [0.25, 0.3) is 0 Å². The van der Waals surface area contributed by atoms with E-state index in [1.165, 1.54) is 10.6 Å². The molecule has 1 aromatic rings. The monoisotopic (exact) mass is 326 g/mol. The van der Waals surface area contributed by atoms with Crippen molar-refractivity contribution in [2.24, 2.45) is 5.92 Å². The van der Waals surface area contributed by atoms with Crippen LogP contribution >= 0.6 is 0 Å². The van der Waals surface area contributed by atoms with Crippen LogP contribution in [0, 0.1) is 5.92 Å². The Labute approximate surface area is 130 Å². The van der Waals surface area contributed by atoms with Crippen molar-refractivity contribution in [3.63, 3.8) is 0 Å². The average molecular weight is 326 g/mol.